The van der Waals surface area contributed by atoms with Crippen LogP contribution in [0.1, 0.15) is 17.7 Å². The molecule has 2 aromatic rings. The molecule has 2 amide bonds. The van der Waals surface area contributed by atoms with E-state index in [-0.39, 0.29) is 12.1 Å². The van der Waals surface area contributed by atoms with Gasteiger partial charge in [0.25, 0.3) is 0 Å². The van der Waals surface area contributed by atoms with Gasteiger partial charge in [0.15, 0.2) is 5.82 Å². The lowest BCUT2D eigenvalue weighted by Gasteiger charge is -2.25. The first-order valence-electron chi connectivity index (χ1n) is 9.11. The number of rotatable bonds is 2. The maximum atomic E-state index is 12.9. The van der Waals surface area contributed by atoms with E-state index in [0.29, 0.717) is 17.2 Å². The highest BCUT2D eigenvalue weighted by molar-refractivity contribution is 5.97. The first-order chi connectivity index (χ1) is 14.2. The number of carbonyl (C=O) groups excluding carboxylic acids is 1. The molecule has 0 spiro atoms. The van der Waals surface area contributed by atoms with Gasteiger partial charge in [0, 0.05) is 37.2 Å². The van der Waals surface area contributed by atoms with Gasteiger partial charge in [-0.3, -0.25) is 15.2 Å². The first kappa shape index (κ1) is 18.3. The van der Waals surface area contributed by atoms with E-state index in [0.717, 1.165) is 25.1 Å². The molecule has 0 radical (unpaired) electrons. The third-order valence-electron chi connectivity index (χ3n) is 4.67. The molecule has 1 N–H and O–H groups in total. The van der Waals surface area contributed by atoms with Gasteiger partial charge < -0.3 is 4.90 Å². The average molecular weight is 386 g/mol. The van der Waals surface area contributed by atoms with Gasteiger partial charge in [-0.2, -0.15) is 5.26 Å². The summed E-state index contributed by atoms with van der Waals surface area (Å²) in [6.45, 7) is 1.57. The van der Waals surface area contributed by atoms with Crippen LogP contribution in [0.25, 0.3) is 5.70 Å². The molecule has 0 unspecified atom stereocenters. The molecule has 1 fully saturated rings. The van der Waals surface area contributed by atoms with Crippen LogP contribution < -0.4 is 5.32 Å². The predicted molar refractivity (Wildman–Crippen MR) is 107 cm³/mol. The van der Waals surface area contributed by atoms with Crippen molar-refractivity contribution in [3.63, 3.8) is 0 Å². The Hall–Kier alpha value is -4.06. The summed E-state index contributed by atoms with van der Waals surface area (Å²) in [6, 6.07) is 5.09. The summed E-state index contributed by atoms with van der Waals surface area (Å²) < 4.78 is 0. The fourth-order valence-electron chi connectivity index (χ4n) is 3.19. The Labute approximate surface area is 167 Å². The number of hydrogen-bond donors (Lipinski definition) is 1. The summed E-state index contributed by atoms with van der Waals surface area (Å²) in [7, 11) is 0. The van der Waals surface area contributed by atoms with Gasteiger partial charge in [-0.1, -0.05) is 0 Å². The molecule has 2 aliphatic rings. The minimum atomic E-state index is -0.317. The maximum absolute atomic E-state index is 12.9. The first-order valence-corrected chi connectivity index (χ1v) is 9.11. The Bertz CT molecular complexity index is 1010. The van der Waals surface area contributed by atoms with Crippen molar-refractivity contribution in [3.8, 4) is 6.07 Å². The summed E-state index contributed by atoms with van der Waals surface area (Å²) in [5.41, 5.74) is 1.73. The molecule has 2 aliphatic heterocycles. The van der Waals surface area contributed by atoms with Gasteiger partial charge in [-0.15, -0.1) is 0 Å². The molecule has 0 aromatic carbocycles. The Morgan fingerprint density at radius 3 is 2.93 bits per heavy atom. The third-order valence-corrected chi connectivity index (χ3v) is 4.67. The predicted octanol–water partition coefficient (Wildman–Crippen LogP) is 2.25. The Morgan fingerprint density at radius 2 is 2.17 bits per heavy atom. The van der Waals surface area contributed by atoms with Crippen LogP contribution in [0, 0.1) is 11.3 Å². The van der Waals surface area contributed by atoms with Crippen molar-refractivity contribution >= 4 is 23.9 Å². The molecule has 1 atom stereocenters. The van der Waals surface area contributed by atoms with Crippen molar-refractivity contribution in [2.24, 2.45) is 4.99 Å². The number of amides is 2. The standard InChI is InChI=1S/C20H18N8O/c21-10-16-4-3-15(11-24-16)18-2-1-8-27-9-5-17(13-27)28(14-25-18)20(29)26-19-12-22-6-7-23-19/h1-4,6-8,11-12,14,17H,5,9,13H2,(H,23,26,29)/t17-/m0/s1. The van der Waals surface area contributed by atoms with E-state index in [1.54, 1.807) is 35.8 Å². The van der Waals surface area contributed by atoms with Gasteiger partial charge in [0.2, 0.25) is 0 Å². The smallest absolute Gasteiger partial charge is 0.328 e. The summed E-state index contributed by atoms with van der Waals surface area (Å²) in [6.07, 6.45) is 14.3. The van der Waals surface area contributed by atoms with Crippen molar-refractivity contribution in [1.29, 1.82) is 5.26 Å². The van der Waals surface area contributed by atoms with Gasteiger partial charge in [0.05, 0.1) is 24.3 Å². The van der Waals surface area contributed by atoms with Crippen LogP contribution in [0.4, 0.5) is 10.6 Å². The van der Waals surface area contributed by atoms with Crippen molar-refractivity contribution < 1.29 is 4.79 Å². The summed E-state index contributed by atoms with van der Waals surface area (Å²) in [5.74, 6) is 0.379. The third kappa shape index (κ3) is 4.27. The topological polar surface area (TPSA) is 110 Å². The largest absolute Gasteiger partial charge is 0.375 e. The monoisotopic (exact) mass is 386 g/mol. The van der Waals surface area contributed by atoms with E-state index in [4.69, 9.17) is 5.26 Å². The highest BCUT2D eigenvalue weighted by atomic mass is 16.2. The number of urea groups is 1. The van der Waals surface area contributed by atoms with Gasteiger partial charge in [-0.05, 0) is 36.9 Å². The highest BCUT2D eigenvalue weighted by Gasteiger charge is 2.29. The van der Waals surface area contributed by atoms with Crippen LogP contribution in [-0.2, 0) is 0 Å². The molecular formula is C20H18N8O. The minimum Gasteiger partial charge on any atom is -0.375 e. The zero-order valence-corrected chi connectivity index (χ0v) is 15.5. The molecule has 0 aliphatic carbocycles. The Kier molecular flexibility index (Phi) is 5.25. The lowest BCUT2D eigenvalue weighted by atomic mass is 10.2. The molecule has 144 valence electrons. The molecule has 2 bridgehead atoms. The van der Waals surface area contributed by atoms with Crippen LogP contribution in [0.3, 0.4) is 0 Å². The highest BCUT2D eigenvalue weighted by Crippen LogP contribution is 2.21. The van der Waals surface area contributed by atoms with Crippen LogP contribution in [0.2, 0.25) is 0 Å². The molecular weight excluding hydrogens is 368 g/mol. The van der Waals surface area contributed by atoms with E-state index < -0.39 is 0 Å². The molecule has 29 heavy (non-hydrogen) atoms. The summed E-state index contributed by atoms with van der Waals surface area (Å²) >= 11 is 0. The van der Waals surface area contributed by atoms with Crippen molar-refractivity contribution in [3.05, 3.63) is 66.5 Å². The number of aromatic nitrogens is 3. The molecule has 4 heterocycles. The number of carbonyl (C=O) groups is 1. The van der Waals surface area contributed by atoms with Crippen molar-refractivity contribution in [1.82, 2.24) is 24.8 Å². The lowest BCUT2D eigenvalue weighted by molar-refractivity contribution is 0.223. The number of nitrogens with zero attached hydrogens (tertiary/aromatic N) is 7. The number of aliphatic imine (C=N–C) groups is 1. The Morgan fingerprint density at radius 1 is 1.24 bits per heavy atom. The van der Waals surface area contributed by atoms with Gasteiger partial charge in [-0.25, -0.2) is 19.8 Å². The molecule has 9 heteroatoms. The van der Waals surface area contributed by atoms with Crippen molar-refractivity contribution in [2.45, 2.75) is 12.5 Å². The normalized spacial score (nSPS) is 18.2. The molecule has 9 nitrogen and oxygen atoms in total. The average Bonchev–Trinajstić information content (AvgIpc) is 3.21. The molecule has 0 saturated carbocycles. The summed E-state index contributed by atoms with van der Waals surface area (Å²) in [4.78, 5) is 33.4. The van der Waals surface area contributed by atoms with Crippen LogP contribution in [0.5, 0.6) is 0 Å². The molecule has 4 rings (SSSR count). The minimum absolute atomic E-state index is 0.0153. The number of hydrogen-bond acceptors (Lipinski definition) is 7. The maximum Gasteiger partial charge on any atom is 0.328 e. The zero-order valence-electron chi connectivity index (χ0n) is 15.5. The SMILES string of the molecule is N#Cc1ccc(C2=CC=CN3CC[C@@H](C3)N(C(=O)Nc3cnccn3)C=N2)cn1. The second kappa shape index (κ2) is 8.31. The number of nitriles is 1. The van der Waals surface area contributed by atoms with E-state index >= 15 is 0 Å². The second-order valence-electron chi connectivity index (χ2n) is 6.55. The van der Waals surface area contributed by atoms with E-state index in [2.05, 4.69) is 30.2 Å². The van der Waals surface area contributed by atoms with Gasteiger partial charge >= 0.3 is 6.03 Å². The number of allylic oxidation sites excluding steroid dienone is 2. The number of anilines is 1. The summed E-state index contributed by atoms with van der Waals surface area (Å²) in [5, 5.41) is 11.7. The van der Waals surface area contributed by atoms with E-state index in [1.165, 1.54) is 12.4 Å². The lowest BCUT2D eigenvalue weighted by Crippen LogP contribution is -2.43. The van der Waals surface area contributed by atoms with Crippen LogP contribution >= 0.6 is 0 Å². The van der Waals surface area contributed by atoms with Crippen LogP contribution in [-0.4, -0.2) is 56.3 Å². The van der Waals surface area contributed by atoms with E-state index in [1.807, 2.05) is 24.4 Å². The van der Waals surface area contributed by atoms with Gasteiger partial charge in [0.1, 0.15) is 11.8 Å². The zero-order chi connectivity index (χ0) is 20.1. The molecule has 1 saturated heterocycles. The number of nitrogens with one attached hydrogen (secondary N) is 1. The molecule has 2 aromatic heterocycles. The fraction of sp³-hybridized carbons (Fsp3) is 0.200. The Balaban J connectivity index is 1.63. The number of pyridine rings is 1. The second-order valence-corrected chi connectivity index (χ2v) is 6.55. The number of fused-ring (bicyclic) bond motifs is 2. The quantitative estimate of drug-likeness (QED) is 0.847. The van der Waals surface area contributed by atoms with Crippen LogP contribution in [0.15, 0.2) is 60.3 Å². The fourth-order valence-corrected chi connectivity index (χ4v) is 3.19. The van der Waals surface area contributed by atoms with Crippen molar-refractivity contribution in [2.75, 3.05) is 18.4 Å². The van der Waals surface area contributed by atoms with E-state index in [9.17, 15) is 4.79 Å².